The molecule has 35 heavy (non-hydrogen) atoms. The van der Waals surface area contributed by atoms with E-state index in [9.17, 15) is 9.18 Å². The van der Waals surface area contributed by atoms with Gasteiger partial charge in [0.2, 0.25) is 5.91 Å². The highest BCUT2D eigenvalue weighted by Crippen LogP contribution is 2.38. The maximum Gasteiger partial charge on any atom is 0.233 e. The molecule has 10 heteroatoms. The number of rotatable bonds is 5. The van der Waals surface area contributed by atoms with Crippen molar-refractivity contribution in [3.05, 3.63) is 66.4 Å². The van der Waals surface area contributed by atoms with Crippen LogP contribution in [0.1, 0.15) is 24.4 Å². The maximum atomic E-state index is 13.3. The summed E-state index contributed by atoms with van der Waals surface area (Å²) in [6.45, 7) is 1.81. The highest BCUT2D eigenvalue weighted by Gasteiger charge is 2.31. The molecule has 4 heterocycles. The topological polar surface area (TPSA) is 82.4 Å². The van der Waals surface area contributed by atoms with Gasteiger partial charge in [0.15, 0.2) is 17.1 Å². The van der Waals surface area contributed by atoms with Gasteiger partial charge in [-0.25, -0.2) is 19.0 Å². The Morgan fingerprint density at radius 1 is 1.09 bits per heavy atom. The number of halogens is 1. The summed E-state index contributed by atoms with van der Waals surface area (Å²) in [7, 11) is 0. The molecule has 0 saturated carbocycles. The Hall–Kier alpha value is -3.66. The van der Waals surface area contributed by atoms with E-state index in [1.54, 1.807) is 23.0 Å². The minimum Gasteiger partial charge on any atom is -0.486 e. The van der Waals surface area contributed by atoms with Crippen molar-refractivity contribution in [3.63, 3.8) is 0 Å². The quantitative estimate of drug-likeness (QED) is 0.306. The summed E-state index contributed by atoms with van der Waals surface area (Å²) in [6, 6.07) is 12.0. The first kappa shape index (κ1) is 21.8. The van der Waals surface area contributed by atoms with Crippen LogP contribution >= 0.6 is 11.8 Å². The van der Waals surface area contributed by atoms with Gasteiger partial charge in [-0.2, -0.15) is 5.10 Å². The highest BCUT2D eigenvalue weighted by atomic mass is 32.2. The smallest absolute Gasteiger partial charge is 0.233 e. The molecule has 2 aliphatic rings. The summed E-state index contributed by atoms with van der Waals surface area (Å²) in [5, 5.41) is 5.84. The van der Waals surface area contributed by atoms with E-state index in [1.807, 2.05) is 23.1 Å². The molecule has 1 fully saturated rings. The summed E-state index contributed by atoms with van der Waals surface area (Å²) in [5.74, 6) is 1.50. The number of fused-ring (bicyclic) bond motifs is 2. The minimum atomic E-state index is -0.314. The number of hydrogen-bond acceptors (Lipinski definition) is 7. The van der Waals surface area contributed by atoms with Gasteiger partial charge in [-0.05, 0) is 54.8 Å². The number of hydrogen-bond donors (Lipinski definition) is 0. The Bertz CT molecular complexity index is 1390. The fraction of sp³-hybridized carbons (Fsp3) is 0.280. The number of likely N-dealkylation sites (tertiary alicyclic amines) is 1. The average molecular weight is 492 g/mol. The third-order valence-electron chi connectivity index (χ3n) is 6.26. The fourth-order valence-corrected chi connectivity index (χ4v) is 5.45. The molecular formula is C25H22FN5O3S. The first-order valence-corrected chi connectivity index (χ1v) is 12.4. The number of carbonyl (C=O) groups excluding carboxylic acids is 1. The van der Waals surface area contributed by atoms with Crippen molar-refractivity contribution in [2.75, 3.05) is 25.5 Å². The van der Waals surface area contributed by atoms with Crippen LogP contribution in [0.4, 0.5) is 4.39 Å². The molecule has 1 atom stereocenters. The molecule has 1 saturated heterocycles. The summed E-state index contributed by atoms with van der Waals surface area (Å²) in [5.41, 5.74) is 2.37. The average Bonchev–Trinajstić information content (AvgIpc) is 3.56. The van der Waals surface area contributed by atoms with E-state index in [2.05, 4.69) is 15.1 Å². The molecule has 8 nitrogen and oxygen atoms in total. The van der Waals surface area contributed by atoms with E-state index in [4.69, 9.17) is 9.47 Å². The van der Waals surface area contributed by atoms with Gasteiger partial charge in [-0.1, -0.05) is 17.8 Å². The molecule has 0 aliphatic carbocycles. The molecule has 2 aromatic carbocycles. The van der Waals surface area contributed by atoms with E-state index < -0.39 is 0 Å². The summed E-state index contributed by atoms with van der Waals surface area (Å²) >= 11 is 1.38. The van der Waals surface area contributed by atoms with Crippen molar-refractivity contribution in [2.45, 2.75) is 23.9 Å². The molecular weight excluding hydrogens is 469 g/mol. The zero-order chi connectivity index (χ0) is 23.8. The van der Waals surface area contributed by atoms with Gasteiger partial charge in [0.05, 0.1) is 29.1 Å². The largest absolute Gasteiger partial charge is 0.486 e. The Balaban J connectivity index is 1.19. The van der Waals surface area contributed by atoms with Crippen molar-refractivity contribution < 1.29 is 18.7 Å². The number of aromatic nitrogens is 4. The van der Waals surface area contributed by atoms with Crippen molar-refractivity contribution in [1.29, 1.82) is 0 Å². The van der Waals surface area contributed by atoms with Gasteiger partial charge in [0, 0.05) is 6.54 Å². The first-order chi connectivity index (χ1) is 17.2. The SMILES string of the molecule is O=C(CSc1ncnc2c1cnn2-c1ccc(F)cc1)N1CCCC1c1ccc2c(c1)OCCO2. The number of carbonyl (C=O) groups is 1. The number of ether oxygens (including phenoxy) is 2. The lowest BCUT2D eigenvalue weighted by Crippen LogP contribution is -2.32. The van der Waals surface area contributed by atoms with Crippen LogP contribution in [0.3, 0.4) is 0 Å². The lowest BCUT2D eigenvalue weighted by atomic mass is 10.0. The summed E-state index contributed by atoms with van der Waals surface area (Å²) in [4.78, 5) is 23.9. The minimum absolute atomic E-state index is 0.0190. The molecule has 0 bridgehead atoms. The van der Waals surface area contributed by atoms with Crippen LogP contribution in [0.15, 0.2) is 60.0 Å². The van der Waals surface area contributed by atoms with Gasteiger partial charge < -0.3 is 14.4 Å². The molecule has 2 aliphatic heterocycles. The van der Waals surface area contributed by atoms with Crippen LogP contribution in [0.5, 0.6) is 11.5 Å². The normalized spacial score (nSPS) is 17.2. The molecule has 0 radical (unpaired) electrons. The molecule has 1 amide bonds. The Kier molecular flexibility index (Phi) is 5.73. The molecule has 0 spiro atoms. The van der Waals surface area contributed by atoms with Gasteiger partial charge in [0.1, 0.15) is 30.4 Å². The van der Waals surface area contributed by atoms with Crippen LogP contribution < -0.4 is 9.47 Å². The second kappa shape index (κ2) is 9.18. The van der Waals surface area contributed by atoms with Crippen LogP contribution in [0.25, 0.3) is 16.7 Å². The molecule has 1 unspecified atom stereocenters. The summed E-state index contributed by atoms with van der Waals surface area (Å²) < 4.78 is 26.3. The Morgan fingerprint density at radius 3 is 2.77 bits per heavy atom. The number of benzene rings is 2. The lowest BCUT2D eigenvalue weighted by molar-refractivity contribution is -0.129. The van der Waals surface area contributed by atoms with Crippen molar-refractivity contribution in [1.82, 2.24) is 24.6 Å². The van der Waals surface area contributed by atoms with Gasteiger partial charge in [-0.3, -0.25) is 4.79 Å². The van der Waals surface area contributed by atoms with E-state index in [-0.39, 0.29) is 23.5 Å². The molecule has 6 rings (SSSR count). The Labute approximate surface area is 205 Å². The van der Waals surface area contributed by atoms with E-state index in [0.717, 1.165) is 41.8 Å². The Morgan fingerprint density at radius 2 is 1.91 bits per heavy atom. The highest BCUT2D eigenvalue weighted by molar-refractivity contribution is 8.00. The fourth-order valence-electron chi connectivity index (χ4n) is 4.60. The second-order valence-electron chi connectivity index (χ2n) is 8.39. The summed E-state index contributed by atoms with van der Waals surface area (Å²) in [6.07, 6.45) is 5.01. The standard InChI is InChI=1S/C25H22FN5O3S/c26-17-4-6-18(7-5-17)31-24-19(13-29-31)25(28-15-27-24)35-14-23(32)30-9-1-2-20(30)16-3-8-21-22(12-16)34-11-10-33-21/h3-8,12-13,15,20H,1-2,9-11,14H2. The van der Waals surface area contributed by atoms with E-state index >= 15 is 0 Å². The third kappa shape index (κ3) is 4.18. The zero-order valence-electron chi connectivity index (χ0n) is 18.8. The predicted octanol–water partition coefficient (Wildman–Crippen LogP) is 4.18. The monoisotopic (exact) mass is 491 g/mol. The van der Waals surface area contributed by atoms with Crippen LogP contribution in [-0.2, 0) is 4.79 Å². The predicted molar refractivity (Wildman–Crippen MR) is 128 cm³/mol. The molecule has 0 N–H and O–H groups in total. The van der Waals surface area contributed by atoms with Gasteiger partial charge >= 0.3 is 0 Å². The third-order valence-corrected chi connectivity index (χ3v) is 7.25. The number of thioether (sulfide) groups is 1. The molecule has 4 aromatic rings. The van der Waals surface area contributed by atoms with E-state index in [1.165, 1.54) is 30.2 Å². The lowest BCUT2D eigenvalue weighted by Gasteiger charge is -2.26. The van der Waals surface area contributed by atoms with Crippen molar-refractivity contribution in [3.8, 4) is 17.2 Å². The van der Waals surface area contributed by atoms with Crippen molar-refractivity contribution in [2.24, 2.45) is 0 Å². The van der Waals surface area contributed by atoms with E-state index in [0.29, 0.717) is 29.6 Å². The number of nitrogens with zero attached hydrogens (tertiary/aromatic N) is 5. The van der Waals surface area contributed by atoms with Crippen molar-refractivity contribution >= 4 is 28.7 Å². The number of amides is 1. The second-order valence-corrected chi connectivity index (χ2v) is 9.35. The van der Waals surface area contributed by atoms with Crippen LogP contribution in [0, 0.1) is 5.82 Å². The molecule has 178 valence electrons. The van der Waals surface area contributed by atoms with Crippen LogP contribution in [-0.4, -0.2) is 56.1 Å². The van der Waals surface area contributed by atoms with Gasteiger partial charge in [-0.15, -0.1) is 0 Å². The van der Waals surface area contributed by atoms with Crippen LogP contribution in [0.2, 0.25) is 0 Å². The zero-order valence-corrected chi connectivity index (χ0v) is 19.6. The maximum absolute atomic E-state index is 13.3. The van der Waals surface area contributed by atoms with Gasteiger partial charge in [0.25, 0.3) is 0 Å². The molecule has 2 aromatic heterocycles. The first-order valence-electron chi connectivity index (χ1n) is 11.4.